The van der Waals surface area contributed by atoms with Crippen molar-refractivity contribution in [3.8, 4) is 0 Å². The van der Waals surface area contributed by atoms with Gasteiger partial charge in [0.2, 0.25) is 35.4 Å². The Balaban J connectivity index is 1.79. The number of unbranched alkanes of at least 4 members (excludes halogenated alkanes) is 4. The van der Waals surface area contributed by atoms with E-state index in [0.29, 0.717) is 44.1 Å². The number of halogens is 2. The third-order valence-electron chi connectivity index (χ3n) is 8.66. The highest BCUT2D eigenvalue weighted by Crippen LogP contribution is 2.14. The van der Waals surface area contributed by atoms with Crippen molar-refractivity contribution in [1.82, 2.24) is 21.3 Å². The van der Waals surface area contributed by atoms with Gasteiger partial charge in [-0.3, -0.25) is 28.8 Å². The molecule has 0 saturated carbocycles. The monoisotopic (exact) mass is 744 g/mol. The summed E-state index contributed by atoms with van der Waals surface area (Å²) in [5, 5.41) is 19.7. The van der Waals surface area contributed by atoms with E-state index in [1.165, 1.54) is 6.07 Å². The van der Waals surface area contributed by atoms with Crippen molar-refractivity contribution >= 4 is 41.4 Å². The van der Waals surface area contributed by atoms with Crippen molar-refractivity contribution in [2.24, 2.45) is 17.4 Å². The number of rotatable bonds is 24. The van der Waals surface area contributed by atoms with E-state index in [-0.39, 0.29) is 43.1 Å². The fourth-order valence-corrected chi connectivity index (χ4v) is 5.43. The van der Waals surface area contributed by atoms with Gasteiger partial charge in [0.1, 0.15) is 24.2 Å². The molecule has 0 aliphatic rings. The second kappa shape index (κ2) is 22.5. The summed E-state index contributed by atoms with van der Waals surface area (Å²) in [5.74, 6) is -7.85. The summed E-state index contributed by atoms with van der Waals surface area (Å²) in [6, 6.07) is 6.90. The number of carbonyl (C=O) groups excluding carboxylic acids is 6. The zero-order chi connectivity index (χ0) is 39.5. The van der Waals surface area contributed by atoms with Crippen molar-refractivity contribution in [3.05, 3.63) is 71.3 Å². The maximum absolute atomic E-state index is 13.7. The third kappa shape index (κ3) is 16.2. The summed E-state index contributed by atoms with van der Waals surface area (Å²) >= 11 is 0. The van der Waals surface area contributed by atoms with Crippen LogP contribution in [0.15, 0.2) is 48.5 Å². The topological polar surface area (TPSA) is 240 Å². The van der Waals surface area contributed by atoms with Gasteiger partial charge in [-0.25, -0.2) is 13.6 Å². The molecule has 53 heavy (non-hydrogen) atoms. The van der Waals surface area contributed by atoms with E-state index < -0.39 is 77.7 Å². The van der Waals surface area contributed by atoms with E-state index in [9.17, 15) is 47.4 Å². The summed E-state index contributed by atoms with van der Waals surface area (Å²) in [7, 11) is 0. The molecule has 16 heteroatoms. The zero-order valence-corrected chi connectivity index (χ0v) is 30.0. The molecule has 0 saturated heterocycles. The minimum Gasteiger partial charge on any atom is -0.480 e. The molecular weight excluding hydrogens is 694 g/mol. The lowest BCUT2D eigenvalue weighted by atomic mass is 9.97. The van der Waals surface area contributed by atoms with Crippen LogP contribution < -0.4 is 32.7 Å². The van der Waals surface area contributed by atoms with Crippen LogP contribution in [0, 0.1) is 17.6 Å². The number of amides is 6. The Bertz CT molecular complexity index is 1580. The Morgan fingerprint density at radius 1 is 0.679 bits per heavy atom. The Kier molecular flexibility index (Phi) is 18.6. The molecule has 0 aliphatic heterocycles. The molecule has 0 spiro atoms. The summed E-state index contributed by atoms with van der Waals surface area (Å²) in [5.41, 5.74) is 11.6. The van der Waals surface area contributed by atoms with E-state index in [2.05, 4.69) is 21.3 Å². The number of primary amides is 2. The van der Waals surface area contributed by atoms with Gasteiger partial charge in [0.15, 0.2) is 11.6 Å². The Morgan fingerprint density at radius 2 is 1.25 bits per heavy atom. The summed E-state index contributed by atoms with van der Waals surface area (Å²) in [6.07, 6.45) is 2.83. The summed E-state index contributed by atoms with van der Waals surface area (Å²) in [4.78, 5) is 86.7. The van der Waals surface area contributed by atoms with Crippen molar-refractivity contribution in [2.75, 3.05) is 0 Å². The van der Waals surface area contributed by atoms with Crippen LogP contribution in [0.25, 0.3) is 0 Å². The van der Waals surface area contributed by atoms with Crippen molar-refractivity contribution in [1.29, 1.82) is 0 Å². The van der Waals surface area contributed by atoms with Crippen LogP contribution in [0.2, 0.25) is 0 Å². The number of carboxylic acids is 1. The predicted molar refractivity (Wildman–Crippen MR) is 190 cm³/mol. The fourth-order valence-electron chi connectivity index (χ4n) is 5.43. The number of carboxylic acid groups (broad SMARTS) is 1. The van der Waals surface area contributed by atoms with Crippen LogP contribution in [0.3, 0.4) is 0 Å². The van der Waals surface area contributed by atoms with Crippen LogP contribution >= 0.6 is 0 Å². The van der Waals surface area contributed by atoms with E-state index in [1.54, 1.807) is 37.3 Å². The smallest absolute Gasteiger partial charge is 0.326 e. The van der Waals surface area contributed by atoms with Crippen LogP contribution in [0.5, 0.6) is 0 Å². The SMILES string of the molecule is CC[C@@H](C)[C@H](NC(=O)CCCCCCCC(=O)N[C@@H](CC(N)=O)C(=O)N[C@@H](Cc1ccccc1)C(=O)O)C(=O)N[C@@H](Cc1ccc(F)c(F)c1)C(N)=O. The minimum atomic E-state index is -1.35. The number of hydrogen-bond donors (Lipinski definition) is 7. The van der Waals surface area contributed by atoms with Crippen molar-refractivity contribution < 1.29 is 47.4 Å². The Morgan fingerprint density at radius 3 is 1.79 bits per heavy atom. The number of nitrogens with one attached hydrogen (secondary N) is 4. The second-order valence-electron chi connectivity index (χ2n) is 13.0. The average molecular weight is 745 g/mol. The molecular formula is C37H50F2N6O8. The molecule has 0 aromatic heterocycles. The Hall–Kier alpha value is -5.41. The molecule has 0 unspecified atom stereocenters. The number of benzene rings is 2. The average Bonchev–Trinajstić information content (AvgIpc) is 3.10. The van der Waals surface area contributed by atoms with Gasteiger partial charge in [0.05, 0.1) is 6.42 Å². The van der Waals surface area contributed by atoms with Gasteiger partial charge in [-0.05, 0) is 42.0 Å². The maximum Gasteiger partial charge on any atom is 0.326 e. The van der Waals surface area contributed by atoms with Gasteiger partial charge in [0.25, 0.3) is 0 Å². The first-order chi connectivity index (χ1) is 25.1. The first-order valence-electron chi connectivity index (χ1n) is 17.6. The second-order valence-corrected chi connectivity index (χ2v) is 13.0. The Labute approximate surface area is 307 Å². The predicted octanol–water partition coefficient (Wildman–Crippen LogP) is 1.91. The molecule has 290 valence electrons. The van der Waals surface area contributed by atoms with Gasteiger partial charge in [-0.15, -0.1) is 0 Å². The van der Waals surface area contributed by atoms with E-state index in [1.807, 2.05) is 6.92 Å². The van der Waals surface area contributed by atoms with Gasteiger partial charge in [0, 0.05) is 25.7 Å². The number of hydrogen-bond acceptors (Lipinski definition) is 7. The number of nitrogens with two attached hydrogens (primary N) is 2. The highest BCUT2D eigenvalue weighted by Gasteiger charge is 2.30. The summed E-state index contributed by atoms with van der Waals surface area (Å²) in [6.45, 7) is 3.59. The van der Waals surface area contributed by atoms with E-state index in [0.717, 1.165) is 12.1 Å². The molecule has 0 aliphatic carbocycles. The maximum atomic E-state index is 13.7. The first-order valence-corrected chi connectivity index (χ1v) is 17.6. The molecule has 2 rings (SSSR count). The minimum absolute atomic E-state index is 0.00387. The number of aliphatic carboxylic acids is 1. The largest absolute Gasteiger partial charge is 0.480 e. The first kappa shape index (κ1) is 43.8. The van der Waals surface area contributed by atoms with Crippen molar-refractivity contribution in [3.63, 3.8) is 0 Å². The fraction of sp³-hybridized carbons (Fsp3) is 0.486. The standard InChI is InChI=1S/C37H50F2N6O8/c1-3-22(2)33(36(51)43-27(34(41)49)20-24-16-17-25(38)26(39)18-24)45-32(48)15-11-6-4-5-10-14-31(47)42-28(21-30(40)46)35(50)44-29(37(52)53)19-23-12-8-7-9-13-23/h7-9,12-13,16-18,22,27-29,33H,3-6,10-11,14-15,19-21H2,1-2H3,(H2,40,46)(H2,41,49)(H,42,47)(H,43,51)(H,44,50)(H,45,48)(H,52,53)/t22-,27+,28+,29+,33+/m1/s1. The zero-order valence-electron chi connectivity index (χ0n) is 30.0. The molecule has 0 heterocycles. The lowest BCUT2D eigenvalue weighted by molar-refractivity contribution is -0.142. The molecule has 0 radical (unpaired) electrons. The van der Waals surface area contributed by atoms with E-state index in [4.69, 9.17) is 11.5 Å². The van der Waals surface area contributed by atoms with Crippen LogP contribution in [-0.2, 0) is 46.4 Å². The van der Waals surface area contributed by atoms with Crippen LogP contribution in [0.1, 0.15) is 82.8 Å². The van der Waals surface area contributed by atoms with E-state index >= 15 is 0 Å². The highest BCUT2D eigenvalue weighted by atomic mass is 19.2. The molecule has 0 bridgehead atoms. The summed E-state index contributed by atoms with van der Waals surface area (Å²) < 4.78 is 27.0. The quantitative estimate of drug-likeness (QED) is 0.0782. The molecule has 2 aromatic carbocycles. The molecule has 2 aromatic rings. The molecule has 9 N–H and O–H groups in total. The van der Waals surface area contributed by atoms with Crippen molar-refractivity contribution in [2.45, 2.75) is 109 Å². The van der Waals surface area contributed by atoms with Crippen LogP contribution in [-0.4, -0.2) is 70.7 Å². The molecule has 14 nitrogen and oxygen atoms in total. The molecule has 6 amide bonds. The third-order valence-corrected chi connectivity index (χ3v) is 8.66. The lowest BCUT2D eigenvalue weighted by Crippen LogP contribution is -2.55. The highest BCUT2D eigenvalue weighted by molar-refractivity contribution is 5.94. The van der Waals surface area contributed by atoms with Gasteiger partial charge in [-0.1, -0.05) is 75.9 Å². The molecule has 5 atom stereocenters. The normalized spacial score (nSPS) is 13.7. The van der Waals surface area contributed by atoms with Crippen LogP contribution in [0.4, 0.5) is 8.78 Å². The number of carbonyl (C=O) groups is 7. The van der Waals surface area contributed by atoms with Gasteiger partial charge < -0.3 is 37.8 Å². The van der Waals surface area contributed by atoms with Gasteiger partial charge in [-0.2, -0.15) is 0 Å². The van der Waals surface area contributed by atoms with Gasteiger partial charge >= 0.3 is 5.97 Å². The lowest BCUT2D eigenvalue weighted by Gasteiger charge is -2.26. The molecule has 0 fully saturated rings.